The summed E-state index contributed by atoms with van der Waals surface area (Å²) in [4.78, 5) is 0. The molecule has 0 radical (unpaired) electrons. The minimum absolute atomic E-state index is 0. The summed E-state index contributed by atoms with van der Waals surface area (Å²) in [5.41, 5.74) is 0. The van der Waals surface area contributed by atoms with Crippen LogP contribution in [0.5, 0.6) is 5.75 Å². The molecule has 1 aliphatic rings. The summed E-state index contributed by atoms with van der Waals surface area (Å²) < 4.78 is 0. The molecule has 0 aliphatic heterocycles. The Kier molecular flexibility index (Phi) is 44.6. The molecule has 0 bridgehead atoms. The number of rotatable bonds is 0. The first-order chi connectivity index (χ1) is 7.88. The van der Waals surface area contributed by atoms with Crippen LogP contribution in [0.2, 0.25) is 0 Å². The molecule has 4 heteroatoms. The maximum absolute atomic E-state index is 9.37. The van der Waals surface area contributed by atoms with E-state index >= 15 is 0 Å². The predicted molar refractivity (Wildman–Crippen MR) is 114 cm³/mol. The molecule has 0 heterocycles. The van der Waals surface area contributed by atoms with Crippen LogP contribution in [-0.2, 0) is 21.7 Å². The Hall–Kier alpha value is -0.726. The zero-order valence-electron chi connectivity index (χ0n) is 15.2. The maximum Gasteiger partial charge on any atom is 0.123 e. The smallest absolute Gasteiger partial charge is 0.123 e. The van der Waals surface area contributed by atoms with Gasteiger partial charge in [-0.25, -0.2) is 12.2 Å². The molecule has 0 saturated carbocycles. The molecule has 0 aromatic heterocycles. The fourth-order valence-electron chi connectivity index (χ4n) is 1.55. The van der Waals surface area contributed by atoms with Crippen molar-refractivity contribution >= 4 is 35.6 Å². The van der Waals surface area contributed by atoms with Gasteiger partial charge in [0.2, 0.25) is 0 Å². The van der Waals surface area contributed by atoms with Crippen molar-refractivity contribution in [1.29, 1.82) is 0 Å². The molecule has 1 nitrogen and oxygen atoms in total. The number of halogens is 2. The van der Waals surface area contributed by atoms with E-state index in [2.05, 4.69) is 12.2 Å². The minimum Gasteiger partial charge on any atom is -0.507 e. The van der Waals surface area contributed by atoms with Crippen molar-refractivity contribution in [1.82, 2.24) is 0 Å². The van der Waals surface area contributed by atoms with Crippen molar-refractivity contribution in [3.63, 3.8) is 0 Å². The van der Waals surface area contributed by atoms with Crippen LogP contribution in [0.3, 0.4) is 0 Å². The summed E-state index contributed by atoms with van der Waals surface area (Å²) in [5, 5.41) is 11.4. The summed E-state index contributed by atoms with van der Waals surface area (Å²) in [6, 6.07) is 13.3. The van der Waals surface area contributed by atoms with Gasteiger partial charge in [0, 0.05) is 27.1 Å². The summed E-state index contributed by atoms with van der Waals surface area (Å²) >= 11 is 0. The third kappa shape index (κ3) is 13.7. The van der Waals surface area contributed by atoms with Crippen molar-refractivity contribution in [3.8, 4) is 5.75 Å². The molecule has 2 aromatic rings. The van der Waals surface area contributed by atoms with Crippen LogP contribution in [0, 0.1) is 43.2 Å². The molecule has 0 saturated heterocycles. The van der Waals surface area contributed by atoms with E-state index in [9.17, 15) is 5.11 Å². The molecular weight excluding hydrogens is 375 g/mol. The average Bonchev–Trinajstić information content (AvgIpc) is 2.88. The second-order valence-corrected chi connectivity index (χ2v) is 3.50. The quantitative estimate of drug-likeness (QED) is 0.372. The first kappa shape index (κ1) is 43.6. The second kappa shape index (κ2) is 24.5. The Labute approximate surface area is 178 Å². The van der Waals surface area contributed by atoms with Crippen LogP contribution in [0.25, 0.3) is 10.8 Å². The Morgan fingerprint density at radius 1 is 0.792 bits per heavy atom. The monoisotopic (exact) mass is 404 g/mol. The largest absolute Gasteiger partial charge is 0.507 e. The zero-order valence-corrected chi connectivity index (χ0v) is 18.4. The van der Waals surface area contributed by atoms with Crippen molar-refractivity contribution in [2.24, 2.45) is 0 Å². The van der Waals surface area contributed by atoms with Crippen LogP contribution in [0.15, 0.2) is 60.7 Å². The molecule has 3 rings (SSSR count). The van der Waals surface area contributed by atoms with E-state index in [0.29, 0.717) is 5.75 Å². The van der Waals surface area contributed by atoms with Gasteiger partial charge in [0.05, 0.1) is 0 Å². The van der Waals surface area contributed by atoms with Crippen LogP contribution < -0.4 is 0 Å². The molecule has 140 valence electrons. The number of phenols is 1. The molecule has 0 atom stereocenters. The van der Waals surface area contributed by atoms with Crippen LogP contribution in [0.1, 0.15) is 6.42 Å². The molecule has 2 aromatic carbocycles. The molecule has 0 spiro atoms. The fourth-order valence-corrected chi connectivity index (χ4v) is 1.55. The first-order valence-electron chi connectivity index (χ1n) is 5.26. The molecular formula is C20H30Cl2OTi-6. The standard InChI is InChI=1S/C10H8O.C5H5.5CH3.2ClH.Ti/c11-10-7-3-5-8-4-1-2-6-9(8)10;1-2-4-5-3-1;;;;;;;;/h1-7,11H;1-3H,4H2;5*1H3;2*1H;/q;6*-1;;;. The molecule has 0 unspecified atom stereocenters. The molecule has 0 fully saturated rings. The molecule has 0 amide bonds. The number of phenolic OH excluding ortho intramolecular Hbond substituents is 1. The van der Waals surface area contributed by atoms with Gasteiger partial charge in [-0.3, -0.25) is 6.08 Å². The van der Waals surface area contributed by atoms with Gasteiger partial charge in [0.25, 0.3) is 0 Å². The van der Waals surface area contributed by atoms with Crippen molar-refractivity contribution in [2.75, 3.05) is 0 Å². The SMILES string of the molecule is Cl.Cl.Oc1cccc2ccccc12.[C-]1=CC=CC1.[CH3-].[CH3-].[CH3-].[CH3-].[CH3-].[Ti]. The summed E-state index contributed by atoms with van der Waals surface area (Å²) in [5.74, 6) is 0.350. The number of hydrogen-bond donors (Lipinski definition) is 1. The maximum atomic E-state index is 9.37. The third-order valence-electron chi connectivity index (χ3n) is 2.35. The molecule has 1 N–H and O–H groups in total. The normalized spacial score (nSPS) is 8.33. The van der Waals surface area contributed by atoms with Gasteiger partial charge in [0.1, 0.15) is 5.75 Å². The Balaban J connectivity index is -0.0000000403. The van der Waals surface area contributed by atoms with Gasteiger partial charge in [-0.05, 0) is 11.5 Å². The third-order valence-corrected chi connectivity index (χ3v) is 2.35. The van der Waals surface area contributed by atoms with Gasteiger partial charge in [-0.2, -0.15) is 6.08 Å². The topological polar surface area (TPSA) is 20.2 Å². The number of allylic oxidation sites excluding steroid dienone is 4. The van der Waals surface area contributed by atoms with E-state index in [4.69, 9.17) is 0 Å². The van der Waals surface area contributed by atoms with E-state index in [0.717, 1.165) is 17.2 Å². The summed E-state index contributed by atoms with van der Waals surface area (Å²) in [6.45, 7) is 0. The Morgan fingerprint density at radius 2 is 1.33 bits per heavy atom. The average molecular weight is 405 g/mol. The van der Waals surface area contributed by atoms with Crippen molar-refractivity contribution in [2.45, 2.75) is 6.42 Å². The minimum atomic E-state index is 0. The Morgan fingerprint density at radius 3 is 1.75 bits per heavy atom. The molecule has 24 heavy (non-hydrogen) atoms. The summed E-state index contributed by atoms with van der Waals surface area (Å²) in [7, 11) is 0. The van der Waals surface area contributed by atoms with Crippen LogP contribution >= 0.6 is 24.8 Å². The second-order valence-electron chi connectivity index (χ2n) is 3.50. The van der Waals surface area contributed by atoms with E-state index < -0.39 is 0 Å². The zero-order chi connectivity index (χ0) is 11.2. The van der Waals surface area contributed by atoms with Crippen molar-refractivity contribution in [3.05, 3.63) is 104 Å². The predicted octanol–water partition coefficient (Wildman–Crippen LogP) is 6.94. The summed E-state index contributed by atoms with van der Waals surface area (Å²) in [6.07, 6.45) is 10.0. The van der Waals surface area contributed by atoms with E-state index in [-0.39, 0.29) is 83.7 Å². The molecule has 1 aliphatic carbocycles. The van der Waals surface area contributed by atoms with Gasteiger partial charge in [-0.1, -0.05) is 36.4 Å². The number of fused-ring (bicyclic) bond motifs is 1. The van der Waals surface area contributed by atoms with Gasteiger partial charge >= 0.3 is 0 Å². The van der Waals surface area contributed by atoms with E-state index in [1.165, 1.54) is 0 Å². The van der Waals surface area contributed by atoms with Gasteiger partial charge in [-0.15, -0.1) is 31.2 Å². The van der Waals surface area contributed by atoms with E-state index in [1.807, 2.05) is 48.6 Å². The van der Waals surface area contributed by atoms with Crippen molar-refractivity contribution < 1.29 is 26.8 Å². The van der Waals surface area contributed by atoms with Gasteiger partial charge in [0.15, 0.2) is 0 Å². The fraction of sp³-hybridized carbons (Fsp3) is 0.0500. The van der Waals surface area contributed by atoms with Crippen LogP contribution in [0.4, 0.5) is 0 Å². The first-order valence-corrected chi connectivity index (χ1v) is 5.26. The number of aromatic hydroxyl groups is 1. The Bertz CT molecular complexity index is 525. The number of benzene rings is 2. The van der Waals surface area contributed by atoms with E-state index in [1.54, 1.807) is 6.07 Å². The van der Waals surface area contributed by atoms with Gasteiger partial charge < -0.3 is 42.2 Å². The number of hydrogen-bond acceptors (Lipinski definition) is 1. The van der Waals surface area contributed by atoms with Crippen LogP contribution in [-0.4, -0.2) is 5.11 Å².